The van der Waals surface area contributed by atoms with Crippen molar-refractivity contribution in [3.05, 3.63) is 47.5 Å². The largest absolute Gasteiger partial charge is 0.101 e. The van der Waals surface area contributed by atoms with Gasteiger partial charge in [0.2, 0.25) is 0 Å². The zero-order chi connectivity index (χ0) is 16.8. The van der Waals surface area contributed by atoms with Crippen LogP contribution in [-0.4, -0.2) is 0 Å². The van der Waals surface area contributed by atoms with Crippen molar-refractivity contribution in [2.24, 2.45) is 17.8 Å². The van der Waals surface area contributed by atoms with Crippen molar-refractivity contribution in [1.82, 2.24) is 0 Å². The summed E-state index contributed by atoms with van der Waals surface area (Å²) < 4.78 is 0. The normalized spacial score (nSPS) is 30.8. The first kappa shape index (κ1) is 17.3. The summed E-state index contributed by atoms with van der Waals surface area (Å²) in [5.74, 6) is 9.78. The summed E-state index contributed by atoms with van der Waals surface area (Å²) in [4.78, 5) is 0. The van der Waals surface area contributed by atoms with Gasteiger partial charge in [-0.25, -0.2) is 0 Å². The Bertz CT molecular complexity index is 579. The van der Waals surface area contributed by atoms with Gasteiger partial charge in [0.05, 0.1) is 0 Å². The maximum Gasteiger partial charge on any atom is 0.0245 e. The Morgan fingerprint density at radius 2 is 1.42 bits per heavy atom. The van der Waals surface area contributed by atoms with Crippen LogP contribution in [-0.2, 0) is 0 Å². The van der Waals surface area contributed by atoms with E-state index in [2.05, 4.69) is 55.2 Å². The molecule has 3 rings (SSSR count). The fourth-order valence-electron chi connectivity index (χ4n) is 4.99. The maximum atomic E-state index is 3.15. The second kappa shape index (κ2) is 8.57. The van der Waals surface area contributed by atoms with Gasteiger partial charge in [-0.1, -0.05) is 30.2 Å². The van der Waals surface area contributed by atoms with Gasteiger partial charge in [0.15, 0.2) is 0 Å². The lowest BCUT2D eigenvalue weighted by molar-refractivity contribution is 0.171. The summed E-state index contributed by atoms with van der Waals surface area (Å²) >= 11 is 0. The van der Waals surface area contributed by atoms with Crippen LogP contribution in [0.15, 0.2) is 36.4 Å². The molecule has 0 radical (unpaired) electrons. The topological polar surface area (TPSA) is 0 Å². The Hall–Kier alpha value is -1.48. The van der Waals surface area contributed by atoms with Crippen molar-refractivity contribution in [3.8, 4) is 11.8 Å². The monoisotopic (exact) mass is 320 g/mol. The summed E-state index contributed by atoms with van der Waals surface area (Å²) in [7, 11) is 0. The van der Waals surface area contributed by atoms with Crippen LogP contribution in [0.2, 0.25) is 0 Å². The predicted molar refractivity (Wildman–Crippen MR) is 104 cm³/mol. The molecule has 0 aliphatic heterocycles. The molecule has 2 fully saturated rings. The molecule has 1 aromatic rings. The van der Waals surface area contributed by atoms with Crippen molar-refractivity contribution >= 4 is 0 Å². The third-order valence-corrected chi connectivity index (χ3v) is 6.37. The molecule has 0 bridgehead atoms. The van der Waals surface area contributed by atoms with Crippen molar-refractivity contribution < 1.29 is 0 Å². The van der Waals surface area contributed by atoms with Gasteiger partial charge in [-0.15, -0.1) is 5.92 Å². The van der Waals surface area contributed by atoms with Gasteiger partial charge in [-0.3, -0.25) is 0 Å². The van der Waals surface area contributed by atoms with Crippen molar-refractivity contribution in [3.63, 3.8) is 0 Å². The average molecular weight is 321 g/mol. The Kier molecular flexibility index (Phi) is 6.19. The molecule has 0 heteroatoms. The summed E-state index contributed by atoms with van der Waals surface area (Å²) in [5, 5.41) is 0. The average Bonchev–Trinajstić information content (AvgIpc) is 2.64. The Morgan fingerprint density at radius 3 is 1.96 bits per heavy atom. The summed E-state index contributed by atoms with van der Waals surface area (Å²) in [6.45, 7) is 4.07. The van der Waals surface area contributed by atoms with E-state index in [1.54, 1.807) is 0 Å². The molecule has 0 nitrogen and oxygen atoms in total. The minimum atomic E-state index is 0.782. The fraction of sp³-hybridized carbons (Fsp3) is 0.583. The number of rotatable bonds is 3. The highest BCUT2D eigenvalue weighted by atomic mass is 14.4. The van der Waals surface area contributed by atoms with E-state index in [1.807, 2.05) is 6.92 Å². The van der Waals surface area contributed by atoms with Crippen LogP contribution < -0.4 is 0 Å². The highest BCUT2D eigenvalue weighted by Crippen LogP contribution is 2.44. The van der Waals surface area contributed by atoms with Crippen LogP contribution in [0, 0.1) is 29.6 Å². The van der Waals surface area contributed by atoms with Gasteiger partial charge in [-0.05, 0) is 107 Å². The molecule has 128 valence electrons. The molecule has 0 atom stereocenters. The van der Waals surface area contributed by atoms with E-state index in [9.17, 15) is 0 Å². The Balaban J connectivity index is 1.49. The molecule has 0 N–H and O–H groups in total. The molecule has 2 aliphatic carbocycles. The molecule has 0 aromatic heterocycles. The van der Waals surface area contributed by atoms with Crippen LogP contribution in [0.4, 0.5) is 0 Å². The highest BCUT2D eigenvalue weighted by Gasteiger charge is 2.30. The van der Waals surface area contributed by atoms with Crippen LogP contribution in [0.3, 0.4) is 0 Å². The van der Waals surface area contributed by atoms with Gasteiger partial charge in [0, 0.05) is 5.56 Å². The minimum absolute atomic E-state index is 0.782. The number of hydrogen-bond donors (Lipinski definition) is 0. The SMILES string of the molecule is CC#Cc1ccc(C2CCC(C3CCC(C=CC)CC3)CC2)cc1. The molecule has 24 heavy (non-hydrogen) atoms. The number of allylic oxidation sites excluding steroid dienone is 2. The first-order chi connectivity index (χ1) is 11.8. The second-order valence-electron chi connectivity index (χ2n) is 7.81. The first-order valence-electron chi connectivity index (χ1n) is 9.95. The summed E-state index contributed by atoms with van der Waals surface area (Å²) in [6.07, 6.45) is 16.1. The van der Waals surface area contributed by atoms with Crippen LogP contribution >= 0.6 is 0 Å². The molecule has 2 aliphatic rings. The predicted octanol–water partition coefficient (Wildman–Crippen LogP) is 6.71. The molecular weight excluding hydrogens is 288 g/mol. The Morgan fingerprint density at radius 1 is 0.833 bits per heavy atom. The van der Waals surface area contributed by atoms with E-state index in [0.717, 1.165) is 29.2 Å². The zero-order valence-electron chi connectivity index (χ0n) is 15.4. The first-order valence-corrected chi connectivity index (χ1v) is 9.95. The quantitative estimate of drug-likeness (QED) is 0.428. The van der Waals surface area contributed by atoms with Crippen molar-refractivity contribution in [2.75, 3.05) is 0 Å². The van der Waals surface area contributed by atoms with Gasteiger partial charge in [0.1, 0.15) is 0 Å². The Labute approximate surface area is 148 Å². The standard InChI is InChI=1S/C24H32/c1-3-5-19-7-11-21(12-8-19)23-15-17-24(18-16-23)22-13-9-20(6-4-2)10-14-22/h3,5,9-10,13-14,19,21,23-24H,7-8,11-12,15-18H2,1-2H3. The molecule has 0 spiro atoms. The van der Waals surface area contributed by atoms with Crippen LogP contribution in [0.25, 0.3) is 0 Å². The number of benzene rings is 1. The molecule has 0 amide bonds. The van der Waals surface area contributed by atoms with E-state index in [0.29, 0.717) is 0 Å². The second-order valence-corrected chi connectivity index (χ2v) is 7.81. The van der Waals surface area contributed by atoms with Crippen molar-refractivity contribution in [1.29, 1.82) is 0 Å². The summed E-state index contributed by atoms with van der Waals surface area (Å²) in [6, 6.07) is 9.01. The van der Waals surface area contributed by atoms with Crippen LogP contribution in [0.5, 0.6) is 0 Å². The van der Waals surface area contributed by atoms with Gasteiger partial charge < -0.3 is 0 Å². The molecule has 1 aromatic carbocycles. The van der Waals surface area contributed by atoms with Crippen molar-refractivity contribution in [2.45, 2.75) is 71.1 Å². The molecular formula is C24H32. The molecule has 0 saturated heterocycles. The number of hydrogen-bond acceptors (Lipinski definition) is 0. The zero-order valence-corrected chi connectivity index (χ0v) is 15.4. The smallest absolute Gasteiger partial charge is 0.0245 e. The third-order valence-electron chi connectivity index (χ3n) is 6.37. The van der Waals surface area contributed by atoms with Gasteiger partial charge in [0.25, 0.3) is 0 Å². The molecule has 0 unspecified atom stereocenters. The third kappa shape index (κ3) is 4.32. The minimum Gasteiger partial charge on any atom is -0.101 e. The van der Waals surface area contributed by atoms with E-state index >= 15 is 0 Å². The van der Waals surface area contributed by atoms with E-state index in [4.69, 9.17) is 0 Å². The van der Waals surface area contributed by atoms with Gasteiger partial charge in [-0.2, -0.15) is 0 Å². The van der Waals surface area contributed by atoms with Crippen LogP contribution in [0.1, 0.15) is 82.3 Å². The molecule has 2 saturated carbocycles. The van der Waals surface area contributed by atoms with E-state index < -0.39 is 0 Å². The molecule has 0 heterocycles. The fourth-order valence-corrected chi connectivity index (χ4v) is 4.99. The summed E-state index contributed by atoms with van der Waals surface area (Å²) in [5.41, 5.74) is 2.68. The highest BCUT2D eigenvalue weighted by molar-refractivity contribution is 5.36. The van der Waals surface area contributed by atoms with Gasteiger partial charge >= 0.3 is 0 Å². The lowest BCUT2D eigenvalue weighted by Crippen LogP contribution is -2.25. The lowest BCUT2D eigenvalue weighted by Gasteiger charge is -2.37. The lowest BCUT2D eigenvalue weighted by atomic mass is 9.68. The van der Waals surface area contributed by atoms with E-state index in [-0.39, 0.29) is 0 Å². The maximum absolute atomic E-state index is 3.15. The van der Waals surface area contributed by atoms with E-state index in [1.165, 1.54) is 56.9 Å².